The maximum Gasteiger partial charge on any atom is 0.222 e. The standard InChI is InChI=1S/C22H26ClNO3/c1-16-14-19(23)7-10-21(16)27-13-3-4-22(25)24-12-11-18(15-24)17-5-8-20(26-2)9-6-17/h5-10,14,18H,3-4,11-13,15H2,1-2H3. The molecule has 1 amide bonds. The van der Waals surface area contributed by atoms with Crippen LogP contribution < -0.4 is 9.47 Å². The number of hydrogen-bond donors (Lipinski definition) is 0. The molecule has 0 spiro atoms. The van der Waals surface area contributed by atoms with Crippen LogP contribution in [0.25, 0.3) is 0 Å². The first-order valence-corrected chi connectivity index (χ1v) is 9.75. The largest absolute Gasteiger partial charge is 0.497 e. The third-order valence-corrected chi connectivity index (χ3v) is 5.29. The average Bonchev–Trinajstić information content (AvgIpc) is 3.17. The highest BCUT2D eigenvalue weighted by atomic mass is 35.5. The van der Waals surface area contributed by atoms with E-state index in [1.807, 2.05) is 42.2 Å². The molecule has 4 nitrogen and oxygen atoms in total. The van der Waals surface area contributed by atoms with Crippen molar-refractivity contribution in [3.63, 3.8) is 0 Å². The third-order valence-electron chi connectivity index (χ3n) is 5.06. The van der Waals surface area contributed by atoms with Gasteiger partial charge < -0.3 is 14.4 Å². The minimum Gasteiger partial charge on any atom is -0.497 e. The summed E-state index contributed by atoms with van der Waals surface area (Å²) in [6, 6.07) is 13.7. The van der Waals surface area contributed by atoms with Crippen molar-refractivity contribution in [2.45, 2.75) is 32.1 Å². The molecule has 1 unspecified atom stereocenters. The SMILES string of the molecule is COc1ccc(C2CCN(C(=O)CCCOc3ccc(Cl)cc3C)C2)cc1. The van der Waals surface area contributed by atoms with Gasteiger partial charge in [-0.3, -0.25) is 4.79 Å². The van der Waals surface area contributed by atoms with Gasteiger partial charge in [0.1, 0.15) is 11.5 Å². The van der Waals surface area contributed by atoms with E-state index in [2.05, 4.69) is 12.1 Å². The predicted molar refractivity (Wildman–Crippen MR) is 108 cm³/mol. The van der Waals surface area contributed by atoms with E-state index < -0.39 is 0 Å². The van der Waals surface area contributed by atoms with E-state index in [9.17, 15) is 4.79 Å². The number of likely N-dealkylation sites (tertiary alicyclic amines) is 1. The average molecular weight is 388 g/mol. The highest BCUT2D eigenvalue weighted by Crippen LogP contribution is 2.29. The molecule has 0 saturated carbocycles. The number of nitrogens with zero attached hydrogens (tertiary/aromatic N) is 1. The monoisotopic (exact) mass is 387 g/mol. The van der Waals surface area contributed by atoms with Gasteiger partial charge in [-0.1, -0.05) is 23.7 Å². The van der Waals surface area contributed by atoms with Gasteiger partial charge in [0.25, 0.3) is 0 Å². The van der Waals surface area contributed by atoms with Crippen LogP contribution in [0.2, 0.25) is 5.02 Å². The lowest BCUT2D eigenvalue weighted by Crippen LogP contribution is -2.28. The van der Waals surface area contributed by atoms with Crippen LogP contribution in [-0.4, -0.2) is 37.6 Å². The first-order valence-electron chi connectivity index (χ1n) is 9.37. The summed E-state index contributed by atoms with van der Waals surface area (Å²) in [5, 5.41) is 0.704. The Morgan fingerprint density at radius 2 is 2.00 bits per heavy atom. The summed E-state index contributed by atoms with van der Waals surface area (Å²) in [4.78, 5) is 14.5. The molecule has 0 N–H and O–H groups in total. The first kappa shape index (κ1) is 19.6. The van der Waals surface area contributed by atoms with E-state index in [1.54, 1.807) is 7.11 Å². The summed E-state index contributed by atoms with van der Waals surface area (Å²) in [5.74, 6) is 2.31. The Kier molecular flexibility index (Phi) is 6.62. The van der Waals surface area contributed by atoms with Gasteiger partial charge in [-0.05, 0) is 61.2 Å². The van der Waals surface area contributed by atoms with Crippen molar-refractivity contribution in [2.24, 2.45) is 0 Å². The Morgan fingerprint density at radius 1 is 1.22 bits per heavy atom. The maximum absolute atomic E-state index is 12.5. The first-order chi connectivity index (χ1) is 13.1. The van der Waals surface area contributed by atoms with Crippen LogP contribution in [0.15, 0.2) is 42.5 Å². The number of ether oxygens (including phenoxy) is 2. The number of rotatable bonds is 7. The highest BCUT2D eigenvalue weighted by molar-refractivity contribution is 6.30. The van der Waals surface area contributed by atoms with E-state index in [-0.39, 0.29) is 5.91 Å². The van der Waals surface area contributed by atoms with Crippen LogP contribution in [0.3, 0.4) is 0 Å². The van der Waals surface area contributed by atoms with Gasteiger partial charge >= 0.3 is 0 Å². The number of hydrogen-bond acceptors (Lipinski definition) is 3. The van der Waals surface area contributed by atoms with Crippen LogP contribution in [0, 0.1) is 6.92 Å². The molecular weight excluding hydrogens is 362 g/mol. The Balaban J connectivity index is 1.42. The minimum absolute atomic E-state index is 0.211. The second-order valence-corrected chi connectivity index (χ2v) is 7.40. The Morgan fingerprint density at radius 3 is 2.70 bits per heavy atom. The highest BCUT2D eigenvalue weighted by Gasteiger charge is 2.26. The molecule has 2 aromatic rings. The molecule has 1 atom stereocenters. The zero-order valence-corrected chi connectivity index (χ0v) is 16.7. The fourth-order valence-electron chi connectivity index (χ4n) is 3.47. The molecule has 1 saturated heterocycles. The second-order valence-electron chi connectivity index (χ2n) is 6.96. The summed E-state index contributed by atoms with van der Waals surface area (Å²) in [7, 11) is 1.67. The molecule has 1 aliphatic heterocycles. The number of halogens is 1. The van der Waals surface area contributed by atoms with Gasteiger partial charge in [0.2, 0.25) is 5.91 Å². The zero-order chi connectivity index (χ0) is 19.2. The van der Waals surface area contributed by atoms with Crippen LogP contribution in [0.4, 0.5) is 0 Å². The quantitative estimate of drug-likeness (QED) is 0.638. The van der Waals surface area contributed by atoms with Gasteiger partial charge in [-0.2, -0.15) is 0 Å². The molecule has 0 aromatic heterocycles. The van der Waals surface area contributed by atoms with Crippen molar-refractivity contribution in [3.8, 4) is 11.5 Å². The minimum atomic E-state index is 0.211. The third kappa shape index (κ3) is 5.16. The summed E-state index contributed by atoms with van der Waals surface area (Å²) in [6.45, 7) is 4.12. The second kappa shape index (κ2) is 9.14. The number of methoxy groups -OCH3 is 1. The van der Waals surface area contributed by atoms with E-state index in [0.717, 1.165) is 36.6 Å². The molecule has 2 aromatic carbocycles. The number of aryl methyl sites for hydroxylation is 1. The van der Waals surface area contributed by atoms with Crippen molar-refractivity contribution < 1.29 is 14.3 Å². The fourth-order valence-corrected chi connectivity index (χ4v) is 3.70. The van der Waals surface area contributed by atoms with E-state index in [0.29, 0.717) is 30.4 Å². The van der Waals surface area contributed by atoms with Crippen LogP contribution in [-0.2, 0) is 4.79 Å². The van der Waals surface area contributed by atoms with Gasteiger partial charge in [0, 0.05) is 30.5 Å². The molecule has 144 valence electrons. The Hall–Kier alpha value is -2.20. The Bertz CT molecular complexity index is 776. The molecule has 1 aliphatic rings. The maximum atomic E-state index is 12.5. The summed E-state index contributed by atoms with van der Waals surface area (Å²) in [6.07, 6.45) is 2.24. The molecule has 0 bridgehead atoms. The fraction of sp³-hybridized carbons (Fsp3) is 0.409. The van der Waals surface area contributed by atoms with Crippen LogP contribution in [0.1, 0.15) is 36.3 Å². The lowest BCUT2D eigenvalue weighted by atomic mass is 9.98. The van der Waals surface area contributed by atoms with E-state index in [1.165, 1.54) is 5.56 Å². The number of carbonyl (C=O) groups is 1. The number of carbonyl (C=O) groups excluding carboxylic acids is 1. The van der Waals surface area contributed by atoms with Crippen molar-refractivity contribution >= 4 is 17.5 Å². The summed E-state index contributed by atoms with van der Waals surface area (Å²) < 4.78 is 11.0. The summed E-state index contributed by atoms with van der Waals surface area (Å²) in [5.41, 5.74) is 2.28. The van der Waals surface area contributed by atoms with Crippen molar-refractivity contribution in [2.75, 3.05) is 26.8 Å². The van der Waals surface area contributed by atoms with Gasteiger partial charge in [0.15, 0.2) is 0 Å². The number of amides is 1. The molecule has 3 rings (SSSR count). The van der Waals surface area contributed by atoms with E-state index in [4.69, 9.17) is 21.1 Å². The number of benzene rings is 2. The van der Waals surface area contributed by atoms with Gasteiger partial charge in [-0.15, -0.1) is 0 Å². The van der Waals surface area contributed by atoms with Gasteiger partial charge in [-0.25, -0.2) is 0 Å². The van der Waals surface area contributed by atoms with Gasteiger partial charge in [0.05, 0.1) is 13.7 Å². The summed E-state index contributed by atoms with van der Waals surface area (Å²) >= 11 is 5.95. The lowest BCUT2D eigenvalue weighted by molar-refractivity contribution is -0.130. The van der Waals surface area contributed by atoms with Crippen LogP contribution >= 0.6 is 11.6 Å². The molecule has 0 radical (unpaired) electrons. The molecule has 5 heteroatoms. The van der Waals surface area contributed by atoms with E-state index >= 15 is 0 Å². The molecule has 1 heterocycles. The smallest absolute Gasteiger partial charge is 0.222 e. The van der Waals surface area contributed by atoms with Crippen LogP contribution in [0.5, 0.6) is 11.5 Å². The molecule has 0 aliphatic carbocycles. The normalized spacial score (nSPS) is 16.4. The molecular formula is C22H26ClNO3. The van der Waals surface area contributed by atoms with Crippen molar-refractivity contribution in [1.82, 2.24) is 4.90 Å². The molecule has 27 heavy (non-hydrogen) atoms. The van der Waals surface area contributed by atoms with Crippen molar-refractivity contribution in [3.05, 3.63) is 58.6 Å². The zero-order valence-electron chi connectivity index (χ0n) is 15.9. The lowest BCUT2D eigenvalue weighted by Gasteiger charge is -2.17. The topological polar surface area (TPSA) is 38.8 Å². The molecule has 1 fully saturated rings. The predicted octanol–water partition coefficient (Wildman–Crippen LogP) is 4.83. The Labute approximate surface area is 166 Å². The van der Waals surface area contributed by atoms with Crippen molar-refractivity contribution in [1.29, 1.82) is 0 Å².